The molecule has 8 heteroatoms. The Morgan fingerprint density at radius 2 is 2.13 bits per heavy atom. The smallest absolute Gasteiger partial charge is 0.410 e. The minimum Gasteiger partial charge on any atom is -0.477 e. The van der Waals surface area contributed by atoms with E-state index in [1.54, 1.807) is 4.90 Å². The van der Waals surface area contributed by atoms with Crippen molar-refractivity contribution < 1.29 is 14.3 Å². The van der Waals surface area contributed by atoms with Crippen molar-refractivity contribution in [3.63, 3.8) is 0 Å². The number of fused-ring (bicyclic) bond motifs is 3. The highest BCUT2D eigenvalue weighted by atomic mass is 16.6. The Morgan fingerprint density at radius 3 is 2.87 bits per heavy atom. The lowest BCUT2D eigenvalue weighted by molar-refractivity contribution is -0.00212. The fourth-order valence-electron chi connectivity index (χ4n) is 4.07. The van der Waals surface area contributed by atoms with E-state index in [9.17, 15) is 9.59 Å². The molecular formula is C22H30N4O4. The van der Waals surface area contributed by atoms with Crippen molar-refractivity contribution in [3.8, 4) is 5.88 Å². The Morgan fingerprint density at radius 1 is 1.33 bits per heavy atom. The standard InChI is InChI=1S/C22H30N4O4/c1-5-14-10-18-17(23-19(14)27)11-15-12-25-7-8-26(21(28)30-22(2,3)4)13-16(25)6-9-29-20(15)24-18/h10-11,16H,5-9,12-13H2,1-4H3,(H,23,27)/t16-/m1/s1. The van der Waals surface area contributed by atoms with Crippen LogP contribution in [0.3, 0.4) is 0 Å². The molecule has 162 valence electrons. The number of carbonyl (C=O) groups is 1. The van der Waals surface area contributed by atoms with Crippen molar-refractivity contribution in [2.45, 2.75) is 58.7 Å². The van der Waals surface area contributed by atoms with Crippen molar-refractivity contribution >= 4 is 17.1 Å². The molecule has 2 aromatic heterocycles. The third-order valence-electron chi connectivity index (χ3n) is 5.64. The summed E-state index contributed by atoms with van der Waals surface area (Å²) in [6.07, 6.45) is 1.21. The van der Waals surface area contributed by atoms with Crippen LogP contribution in [-0.2, 0) is 17.7 Å². The Balaban J connectivity index is 1.56. The third-order valence-corrected chi connectivity index (χ3v) is 5.64. The summed E-state index contributed by atoms with van der Waals surface area (Å²) in [7, 11) is 0. The van der Waals surface area contributed by atoms with Gasteiger partial charge >= 0.3 is 6.09 Å². The SMILES string of the molecule is CCc1cc2nc3c(cc2[nH]c1=O)CN1CCN(C(=O)OC(C)(C)C)C[C@H]1CCO3. The molecule has 2 aliphatic rings. The molecule has 1 N–H and O–H groups in total. The number of aryl methyl sites for hydroxylation is 1. The van der Waals surface area contributed by atoms with E-state index in [0.717, 1.165) is 35.1 Å². The summed E-state index contributed by atoms with van der Waals surface area (Å²) in [5.41, 5.74) is 2.58. The normalized spacial score (nSPS) is 20.0. The van der Waals surface area contributed by atoms with Gasteiger partial charge < -0.3 is 19.4 Å². The summed E-state index contributed by atoms with van der Waals surface area (Å²) in [6.45, 7) is 10.8. The number of aromatic nitrogens is 2. The predicted molar refractivity (Wildman–Crippen MR) is 114 cm³/mol. The lowest BCUT2D eigenvalue weighted by Crippen LogP contribution is -2.55. The first-order valence-corrected chi connectivity index (χ1v) is 10.6. The molecule has 1 amide bonds. The van der Waals surface area contributed by atoms with Gasteiger partial charge in [-0.3, -0.25) is 9.69 Å². The van der Waals surface area contributed by atoms with Crippen LogP contribution in [0.4, 0.5) is 4.79 Å². The van der Waals surface area contributed by atoms with Gasteiger partial charge in [0, 0.05) is 43.3 Å². The number of hydrogen-bond acceptors (Lipinski definition) is 6. The molecule has 1 fully saturated rings. The van der Waals surface area contributed by atoms with E-state index in [2.05, 4.69) is 14.9 Å². The van der Waals surface area contributed by atoms with E-state index in [4.69, 9.17) is 9.47 Å². The van der Waals surface area contributed by atoms with Gasteiger partial charge in [0.1, 0.15) is 5.60 Å². The number of pyridine rings is 2. The number of amides is 1. The predicted octanol–water partition coefficient (Wildman–Crippen LogP) is 2.69. The maximum atomic E-state index is 12.5. The van der Waals surface area contributed by atoms with Crippen LogP contribution in [0.15, 0.2) is 16.9 Å². The van der Waals surface area contributed by atoms with Gasteiger partial charge in [-0.15, -0.1) is 0 Å². The number of nitrogens with one attached hydrogen (secondary N) is 1. The van der Waals surface area contributed by atoms with E-state index in [-0.39, 0.29) is 17.7 Å². The Bertz CT molecular complexity index is 1010. The molecule has 4 rings (SSSR count). The number of hydrogen-bond donors (Lipinski definition) is 1. The maximum Gasteiger partial charge on any atom is 0.410 e. The largest absolute Gasteiger partial charge is 0.477 e. The molecule has 1 atom stereocenters. The van der Waals surface area contributed by atoms with Crippen LogP contribution in [0.1, 0.15) is 45.2 Å². The van der Waals surface area contributed by atoms with Crippen molar-refractivity contribution in [1.29, 1.82) is 0 Å². The van der Waals surface area contributed by atoms with Gasteiger partial charge in [0.2, 0.25) is 5.88 Å². The van der Waals surface area contributed by atoms with Gasteiger partial charge in [0.25, 0.3) is 5.56 Å². The molecule has 2 aliphatic heterocycles. The summed E-state index contributed by atoms with van der Waals surface area (Å²) in [6, 6.07) is 4.01. The minimum atomic E-state index is -0.502. The van der Waals surface area contributed by atoms with Crippen LogP contribution in [0, 0.1) is 0 Å². The zero-order valence-corrected chi connectivity index (χ0v) is 18.2. The van der Waals surface area contributed by atoms with Crippen molar-refractivity contribution in [1.82, 2.24) is 19.8 Å². The molecule has 0 bridgehead atoms. The van der Waals surface area contributed by atoms with E-state index in [0.29, 0.717) is 38.5 Å². The van der Waals surface area contributed by atoms with Crippen LogP contribution < -0.4 is 10.3 Å². The summed E-state index contributed by atoms with van der Waals surface area (Å²) >= 11 is 0. The highest BCUT2D eigenvalue weighted by Gasteiger charge is 2.33. The Kier molecular flexibility index (Phi) is 5.44. The van der Waals surface area contributed by atoms with Gasteiger partial charge in [0.15, 0.2) is 0 Å². The number of nitrogens with zero attached hydrogens (tertiary/aromatic N) is 3. The fourth-order valence-corrected chi connectivity index (χ4v) is 4.07. The average Bonchev–Trinajstić information content (AvgIpc) is 2.66. The summed E-state index contributed by atoms with van der Waals surface area (Å²) in [5.74, 6) is 0.629. The second-order valence-corrected chi connectivity index (χ2v) is 9.05. The molecule has 0 radical (unpaired) electrons. The topological polar surface area (TPSA) is 87.8 Å². The number of carbonyl (C=O) groups excluding carboxylic acids is 1. The van der Waals surface area contributed by atoms with E-state index < -0.39 is 5.60 Å². The van der Waals surface area contributed by atoms with Crippen LogP contribution in [-0.4, -0.2) is 63.7 Å². The number of rotatable bonds is 1. The van der Waals surface area contributed by atoms with Crippen LogP contribution in [0.5, 0.6) is 5.88 Å². The zero-order valence-electron chi connectivity index (χ0n) is 18.2. The van der Waals surface area contributed by atoms with Crippen molar-refractivity contribution in [3.05, 3.63) is 33.6 Å². The molecule has 8 nitrogen and oxygen atoms in total. The molecular weight excluding hydrogens is 384 g/mol. The molecule has 0 saturated carbocycles. The van der Waals surface area contributed by atoms with Gasteiger partial charge in [-0.05, 0) is 45.7 Å². The molecule has 0 spiro atoms. The fraction of sp³-hybridized carbons (Fsp3) is 0.591. The molecule has 2 aromatic rings. The summed E-state index contributed by atoms with van der Waals surface area (Å²) < 4.78 is 11.5. The molecule has 4 heterocycles. The van der Waals surface area contributed by atoms with Crippen LogP contribution in [0.25, 0.3) is 11.0 Å². The summed E-state index contributed by atoms with van der Waals surface area (Å²) in [5, 5.41) is 0. The van der Waals surface area contributed by atoms with Gasteiger partial charge in [-0.25, -0.2) is 9.78 Å². The quantitative estimate of drug-likeness (QED) is 0.772. The molecule has 30 heavy (non-hydrogen) atoms. The number of piperazine rings is 1. The second-order valence-electron chi connectivity index (χ2n) is 9.05. The lowest BCUT2D eigenvalue weighted by atomic mass is 10.1. The van der Waals surface area contributed by atoms with Crippen molar-refractivity contribution in [2.75, 3.05) is 26.2 Å². The minimum absolute atomic E-state index is 0.0673. The lowest BCUT2D eigenvalue weighted by Gasteiger charge is -2.42. The van der Waals surface area contributed by atoms with Crippen molar-refractivity contribution in [2.24, 2.45) is 0 Å². The van der Waals surface area contributed by atoms with Crippen LogP contribution >= 0.6 is 0 Å². The molecule has 0 aromatic carbocycles. The van der Waals surface area contributed by atoms with Gasteiger partial charge in [-0.1, -0.05) is 6.92 Å². The van der Waals surface area contributed by atoms with E-state index >= 15 is 0 Å². The average molecular weight is 415 g/mol. The number of H-pyrrole nitrogens is 1. The van der Waals surface area contributed by atoms with E-state index in [1.807, 2.05) is 39.8 Å². The number of aromatic amines is 1. The van der Waals surface area contributed by atoms with Gasteiger partial charge in [-0.2, -0.15) is 0 Å². The molecule has 0 aliphatic carbocycles. The molecule has 0 unspecified atom stereocenters. The van der Waals surface area contributed by atoms with Crippen LogP contribution in [0.2, 0.25) is 0 Å². The highest BCUT2D eigenvalue weighted by molar-refractivity contribution is 5.76. The van der Waals surface area contributed by atoms with E-state index in [1.165, 1.54) is 0 Å². The Hall–Kier alpha value is -2.61. The second kappa shape index (κ2) is 7.91. The first kappa shape index (κ1) is 20.7. The first-order valence-electron chi connectivity index (χ1n) is 10.6. The maximum absolute atomic E-state index is 12.5. The molecule has 1 saturated heterocycles. The van der Waals surface area contributed by atoms with Gasteiger partial charge in [0.05, 0.1) is 17.6 Å². The highest BCUT2D eigenvalue weighted by Crippen LogP contribution is 2.28. The third kappa shape index (κ3) is 4.28. The number of ether oxygens (including phenoxy) is 2. The summed E-state index contributed by atoms with van der Waals surface area (Å²) in [4.78, 5) is 36.5. The monoisotopic (exact) mass is 414 g/mol. The Labute approximate surface area is 176 Å². The first-order chi connectivity index (χ1) is 14.2. The zero-order chi connectivity index (χ0) is 21.5.